The summed E-state index contributed by atoms with van der Waals surface area (Å²) in [6, 6.07) is 0. The smallest absolute Gasteiger partial charge is 0.318 e. The quantitative estimate of drug-likeness (QED) is 0.0386. The maximum Gasteiger partial charge on any atom is 0.318 e. The largest absolute Gasteiger partial charge is 0.464 e. The summed E-state index contributed by atoms with van der Waals surface area (Å²) in [5, 5.41) is 68.4. The van der Waals surface area contributed by atoms with Crippen LogP contribution in [0.3, 0.4) is 0 Å². The molecule has 356 valence electrons. The van der Waals surface area contributed by atoms with E-state index in [4.69, 9.17) is 28.4 Å². The molecule has 19 nitrogen and oxygen atoms in total. The van der Waals surface area contributed by atoms with Gasteiger partial charge in [0.25, 0.3) is 0 Å². The van der Waals surface area contributed by atoms with E-state index in [-0.39, 0.29) is 18.3 Å². The lowest BCUT2D eigenvalue weighted by Crippen LogP contribution is -2.48. The van der Waals surface area contributed by atoms with Crippen LogP contribution in [-0.2, 0) is 57.2 Å². The summed E-state index contributed by atoms with van der Waals surface area (Å²) in [5.74, 6) is -5.83. The second-order valence-corrected chi connectivity index (χ2v) is 19.0. The van der Waals surface area contributed by atoms with Gasteiger partial charge in [-0.25, -0.2) is 0 Å². The van der Waals surface area contributed by atoms with Crippen molar-refractivity contribution in [3.63, 3.8) is 0 Å². The van der Waals surface area contributed by atoms with Crippen LogP contribution >= 0.6 is 0 Å². The van der Waals surface area contributed by atoms with Gasteiger partial charge in [-0.3, -0.25) is 28.8 Å². The van der Waals surface area contributed by atoms with Gasteiger partial charge in [0.05, 0.1) is 57.1 Å². The number of ether oxygens (including phenoxy) is 6. The lowest BCUT2D eigenvalue weighted by molar-refractivity contribution is -0.184. The minimum Gasteiger partial charge on any atom is -0.464 e. The highest BCUT2D eigenvalue weighted by molar-refractivity contribution is 5.81. The van der Waals surface area contributed by atoms with Crippen molar-refractivity contribution in [2.45, 2.75) is 95.4 Å². The summed E-state index contributed by atoms with van der Waals surface area (Å²) in [4.78, 5) is 80.0. The number of aliphatic hydroxyl groups is 7. The molecule has 0 aliphatic carbocycles. The summed E-state index contributed by atoms with van der Waals surface area (Å²) in [6.07, 6.45) is 0.868. The number of aliphatic hydroxyl groups excluding tert-OH is 7. The molecule has 0 saturated heterocycles. The van der Waals surface area contributed by atoms with E-state index in [0.717, 1.165) is 0 Å². The normalized spacial score (nSPS) is 15.5. The Morgan fingerprint density at radius 2 is 0.574 bits per heavy atom. The third-order valence-electron chi connectivity index (χ3n) is 11.0. The fraction of sp³-hybridized carbons (Fsp3) is 0.857. The maximum atomic E-state index is 14.2. The zero-order valence-corrected chi connectivity index (χ0v) is 38.0. The molecule has 0 bridgehead atoms. The molecule has 0 fully saturated rings. The van der Waals surface area contributed by atoms with Gasteiger partial charge < -0.3 is 64.2 Å². The molecule has 0 aliphatic heterocycles. The van der Waals surface area contributed by atoms with Crippen molar-refractivity contribution >= 4 is 35.8 Å². The van der Waals surface area contributed by atoms with Crippen LogP contribution in [-0.4, -0.2) is 157 Å². The Hall–Kier alpha value is -3.46. The standard InChI is InChI=1S/C42H74O19/c1-12-42(25-59-33(53)39(9,19-47)20-48,26-60-34(54)40(10,21-49)22-56-31(51)37(7,15-43)16-44)27-61-35(55)41(11,24-58-32(52)38(8,17-45)18-46)23-57-30(50)36(6,13-28(2)3)14-29(4)5/h28-29,43-49H,12-27H2,1-11H3. The lowest BCUT2D eigenvalue weighted by atomic mass is 9.76. The van der Waals surface area contributed by atoms with Gasteiger partial charge in [-0.15, -0.1) is 0 Å². The first kappa shape index (κ1) is 57.5. The van der Waals surface area contributed by atoms with Gasteiger partial charge >= 0.3 is 35.8 Å². The van der Waals surface area contributed by atoms with Crippen molar-refractivity contribution in [1.82, 2.24) is 0 Å². The maximum absolute atomic E-state index is 14.2. The minimum absolute atomic E-state index is 0.0409. The van der Waals surface area contributed by atoms with Gasteiger partial charge in [0, 0.05) is 0 Å². The van der Waals surface area contributed by atoms with E-state index in [2.05, 4.69) is 0 Å². The Kier molecular flexibility index (Phi) is 23.0. The Bertz CT molecular complexity index is 1420. The summed E-state index contributed by atoms with van der Waals surface area (Å²) < 4.78 is 33.1. The van der Waals surface area contributed by atoms with Gasteiger partial charge in [-0.1, -0.05) is 34.6 Å². The van der Waals surface area contributed by atoms with Crippen LogP contribution in [0.1, 0.15) is 95.4 Å². The van der Waals surface area contributed by atoms with Gasteiger partial charge in [0.15, 0.2) is 0 Å². The van der Waals surface area contributed by atoms with Crippen LogP contribution in [0.15, 0.2) is 0 Å². The number of rotatable bonds is 30. The highest BCUT2D eigenvalue weighted by Crippen LogP contribution is 2.36. The molecule has 61 heavy (non-hydrogen) atoms. The molecular weight excluding hydrogens is 808 g/mol. The van der Waals surface area contributed by atoms with Gasteiger partial charge in [0.2, 0.25) is 0 Å². The first-order valence-electron chi connectivity index (χ1n) is 20.4. The zero-order valence-electron chi connectivity index (χ0n) is 38.0. The summed E-state index contributed by atoms with van der Waals surface area (Å²) in [6.45, 7) is 7.47. The molecule has 0 radical (unpaired) electrons. The molecule has 7 N–H and O–H groups in total. The summed E-state index contributed by atoms with van der Waals surface area (Å²) in [7, 11) is 0. The number of carbonyl (C=O) groups is 6. The van der Waals surface area contributed by atoms with E-state index in [1.807, 2.05) is 27.7 Å². The van der Waals surface area contributed by atoms with Gasteiger partial charge in [-0.05, 0) is 72.6 Å². The van der Waals surface area contributed by atoms with Crippen molar-refractivity contribution in [2.24, 2.45) is 49.7 Å². The van der Waals surface area contributed by atoms with Crippen molar-refractivity contribution in [3.05, 3.63) is 0 Å². The molecule has 0 aromatic heterocycles. The first-order chi connectivity index (χ1) is 28.1. The van der Waals surface area contributed by atoms with Gasteiger partial charge in [0.1, 0.15) is 66.7 Å². The number of esters is 6. The molecular formula is C42H74O19. The molecule has 0 heterocycles. The van der Waals surface area contributed by atoms with E-state index in [0.29, 0.717) is 12.8 Å². The predicted octanol–water partition coefficient (Wildman–Crippen LogP) is 0.718. The fourth-order valence-corrected chi connectivity index (χ4v) is 5.73. The monoisotopic (exact) mass is 882 g/mol. The average Bonchev–Trinajstić information content (AvgIpc) is 3.24. The summed E-state index contributed by atoms with van der Waals surface area (Å²) >= 11 is 0. The fourth-order valence-electron chi connectivity index (χ4n) is 5.73. The second kappa shape index (κ2) is 24.4. The third kappa shape index (κ3) is 16.0. The van der Waals surface area contributed by atoms with E-state index in [1.54, 1.807) is 13.8 Å². The van der Waals surface area contributed by atoms with Crippen molar-refractivity contribution in [2.75, 3.05) is 85.9 Å². The number of hydrogen-bond acceptors (Lipinski definition) is 19. The Labute approximate surface area is 359 Å². The minimum atomic E-state index is -1.93. The molecule has 3 unspecified atom stereocenters. The van der Waals surface area contributed by atoms with Crippen LogP contribution in [0.5, 0.6) is 0 Å². The van der Waals surface area contributed by atoms with Crippen LogP contribution in [0.25, 0.3) is 0 Å². The summed E-state index contributed by atoms with van der Waals surface area (Å²) in [5.41, 5.74) is -11.6. The van der Waals surface area contributed by atoms with E-state index in [1.165, 1.54) is 34.6 Å². The molecule has 0 amide bonds. The van der Waals surface area contributed by atoms with E-state index < -0.39 is 160 Å². The number of carbonyl (C=O) groups excluding carboxylic acids is 6. The Morgan fingerprint density at radius 3 is 0.820 bits per heavy atom. The Morgan fingerprint density at radius 1 is 0.361 bits per heavy atom. The van der Waals surface area contributed by atoms with E-state index >= 15 is 0 Å². The van der Waals surface area contributed by atoms with Crippen molar-refractivity contribution in [3.8, 4) is 0 Å². The molecule has 0 aliphatic rings. The van der Waals surface area contributed by atoms with Crippen LogP contribution < -0.4 is 0 Å². The molecule has 0 aromatic carbocycles. The van der Waals surface area contributed by atoms with Crippen molar-refractivity contribution in [1.29, 1.82) is 0 Å². The van der Waals surface area contributed by atoms with Crippen LogP contribution in [0.4, 0.5) is 0 Å². The highest BCUT2D eigenvalue weighted by atomic mass is 16.6. The molecule has 0 saturated carbocycles. The van der Waals surface area contributed by atoms with Crippen LogP contribution in [0, 0.1) is 49.7 Å². The Balaban J connectivity index is 6.89. The lowest BCUT2D eigenvalue weighted by Gasteiger charge is -2.36. The topological polar surface area (TPSA) is 299 Å². The molecule has 3 atom stereocenters. The third-order valence-corrected chi connectivity index (χ3v) is 11.0. The highest BCUT2D eigenvalue weighted by Gasteiger charge is 2.47. The first-order valence-corrected chi connectivity index (χ1v) is 20.4. The predicted molar refractivity (Wildman–Crippen MR) is 216 cm³/mol. The van der Waals surface area contributed by atoms with Crippen LogP contribution in [0.2, 0.25) is 0 Å². The molecule has 0 aromatic rings. The molecule has 0 spiro atoms. The van der Waals surface area contributed by atoms with Crippen molar-refractivity contribution < 1.29 is 92.9 Å². The molecule has 0 rings (SSSR count). The number of hydrogen-bond donors (Lipinski definition) is 7. The van der Waals surface area contributed by atoms with Gasteiger partial charge in [-0.2, -0.15) is 0 Å². The zero-order chi connectivity index (χ0) is 47.7. The second-order valence-electron chi connectivity index (χ2n) is 19.0. The van der Waals surface area contributed by atoms with E-state index in [9.17, 15) is 64.5 Å². The molecule has 19 heteroatoms. The average molecular weight is 883 g/mol. The SMILES string of the molecule is CCC(COC(=O)C(C)(CO)CO)(COC(=O)C(C)(CO)COC(=O)C(C)(CO)CO)COC(=O)C(C)(COC(=O)C(C)(CO)CO)COC(=O)C(C)(CC(C)C)CC(C)C.